The van der Waals surface area contributed by atoms with Crippen molar-refractivity contribution in [1.29, 1.82) is 0 Å². The molecule has 0 unspecified atom stereocenters. The van der Waals surface area contributed by atoms with Gasteiger partial charge in [-0.2, -0.15) is 0 Å². The van der Waals surface area contributed by atoms with E-state index in [4.69, 9.17) is 46.4 Å². The monoisotopic (exact) mass is 564 g/mol. The number of nitrogens with zero attached hydrogens (tertiary/aromatic N) is 1. The van der Waals surface area contributed by atoms with Gasteiger partial charge in [0.15, 0.2) is 0 Å². The van der Waals surface area contributed by atoms with Gasteiger partial charge in [-0.25, -0.2) is 0 Å². The highest BCUT2D eigenvalue weighted by atomic mass is 35.5. The van der Waals surface area contributed by atoms with Crippen molar-refractivity contribution in [1.82, 2.24) is 10.2 Å². The number of rotatable bonds is 10. The van der Waals surface area contributed by atoms with Gasteiger partial charge in [-0.05, 0) is 48.7 Å². The van der Waals surface area contributed by atoms with Crippen LogP contribution in [0.5, 0.6) is 0 Å². The van der Waals surface area contributed by atoms with Crippen LogP contribution in [0.4, 0.5) is 0 Å². The average Bonchev–Trinajstić information content (AvgIpc) is 2.85. The molecule has 3 aromatic carbocycles. The summed E-state index contributed by atoms with van der Waals surface area (Å²) in [4.78, 5) is 29.0. The first kappa shape index (κ1) is 28.3. The van der Waals surface area contributed by atoms with Crippen LogP contribution in [0.1, 0.15) is 37.0 Å². The maximum absolute atomic E-state index is 13.9. The molecule has 3 aromatic rings. The first-order chi connectivity index (χ1) is 17.2. The van der Waals surface area contributed by atoms with Crippen LogP contribution in [0, 0.1) is 0 Å². The molecule has 0 fully saturated rings. The summed E-state index contributed by atoms with van der Waals surface area (Å²) in [7, 11) is 0. The highest BCUT2D eigenvalue weighted by molar-refractivity contribution is 6.36. The lowest BCUT2D eigenvalue weighted by Crippen LogP contribution is -2.52. The van der Waals surface area contributed by atoms with E-state index in [1.54, 1.807) is 36.4 Å². The first-order valence-electron chi connectivity index (χ1n) is 11.7. The lowest BCUT2D eigenvalue weighted by atomic mass is 10.0. The van der Waals surface area contributed by atoms with E-state index in [0.29, 0.717) is 37.6 Å². The molecular formula is C28H28Cl4N2O2. The highest BCUT2D eigenvalue weighted by Gasteiger charge is 2.32. The van der Waals surface area contributed by atoms with Gasteiger partial charge < -0.3 is 10.2 Å². The number of carbonyl (C=O) groups excluding carboxylic acids is 2. The number of benzene rings is 3. The van der Waals surface area contributed by atoms with Crippen LogP contribution in [-0.4, -0.2) is 28.8 Å². The van der Waals surface area contributed by atoms with Gasteiger partial charge in [0.05, 0.1) is 6.42 Å². The molecule has 0 spiro atoms. The van der Waals surface area contributed by atoms with Gasteiger partial charge in [-0.3, -0.25) is 9.59 Å². The third-order valence-electron chi connectivity index (χ3n) is 6.05. The molecule has 2 amide bonds. The number of carbonyl (C=O) groups is 2. The summed E-state index contributed by atoms with van der Waals surface area (Å²) >= 11 is 25.7. The van der Waals surface area contributed by atoms with Crippen LogP contribution in [0.25, 0.3) is 0 Å². The summed E-state index contributed by atoms with van der Waals surface area (Å²) in [5, 5.41) is 4.63. The third kappa shape index (κ3) is 7.39. The minimum atomic E-state index is -0.817. The molecule has 0 heterocycles. The van der Waals surface area contributed by atoms with Gasteiger partial charge in [-0.1, -0.05) is 95.8 Å². The average molecular weight is 566 g/mol. The van der Waals surface area contributed by atoms with E-state index in [2.05, 4.69) is 5.32 Å². The fourth-order valence-corrected chi connectivity index (χ4v) is 4.85. The standard InChI is InChI=1S/C28H28Cl4N2O2/c1-3-18(2)33-28(36)26(15-19-9-5-4-6-10-19)34(17-21-24(31)13-8-14-25(21)32)27(35)16-20-22(29)11-7-12-23(20)30/h4-14,18,26H,3,15-17H2,1-2H3,(H,33,36)/t18-,26-/m1/s1. The Labute approximate surface area is 232 Å². The molecule has 0 radical (unpaired) electrons. The van der Waals surface area contributed by atoms with Gasteiger partial charge in [0.25, 0.3) is 0 Å². The Morgan fingerprint density at radius 3 is 1.86 bits per heavy atom. The molecule has 0 aliphatic rings. The van der Waals surface area contributed by atoms with Crippen molar-refractivity contribution in [3.8, 4) is 0 Å². The van der Waals surface area contributed by atoms with E-state index < -0.39 is 6.04 Å². The Bertz CT molecular complexity index is 1160. The number of hydrogen-bond donors (Lipinski definition) is 1. The second-order valence-corrected chi connectivity index (χ2v) is 10.3. The van der Waals surface area contributed by atoms with Crippen LogP contribution < -0.4 is 5.32 Å². The molecule has 36 heavy (non-hydrogen) atoms. The normalized spacial score (nSPS) is 12.6. The van der Waals surface area contributed by atoms with Crippen LogP contribution in [0.2, 0.25) is 20.1 Å². The second kappa shape index (κ2) is 13.3. The Morgan fingerprint density at radius 2 is 1.33 bits per heavy atom. The van der Waals surface area contributed by atoms with Crippen LogP contribution >= 0.6 is 46.4 Å². The van der Waals surface area contributed by atoms with Crippen molar-refractivity contribution in [2.75, 3.05) is 0 Å². The van der Waals surface area contributed by atoms with E-state index in [1.807, 2.05) is 44.2 Å². The summed E-state index contributed by atoms with van der Waals surface area (Å²) in [5.74, 6) is -0.573. The molecule has 0 aliphatic heterocycles. The van der Waals surface area contributed by atoms with Crippen molar-refractivity contribution in [3.05, 3.63) is 104 Å². The quantitative estimate of drug-likeness (QED) is 0.278. The predicted molar refractivity (Wildman–Crippen MR) is 149 cm³/mol. The van der Waals surface area contributed by atoms with Gasteiger partial charge in [-0.15, -0.1) is 0 Å². The van der Waals surface area contributed by atoms with Crippen molar-refractivity contribution >= 4 is 58.2 Å². The van der Waals surface area contributed by atoms with Gasteiger partial charge in [0, 0.05) is 44.7 Å². The van der Waals surface area contributed by atoms with Crippen molar-refractivity contribution in [2.45, 2.75) is 51.7 Å². The predicted octanol–water partition coefficient (Wildman–Crippen LogP) is 7.40. The van der Waals surface area contributed by atoms with E-state index in [0.717, 1.165) is 12.0 Å². The smallest absolute Gasteiger partial charge is 0.243 e. The summed E-state index contributed by atoms with van der Waals surface area (Å²) in [5.41, 5.74) is 1.98. The number of hydrogen-bond acceptors (Lipinski definition) is 2. The maximum atomic E-state index is 13.9. The molecule has 190 valence electrons. The molecule has 0 saturated carbocycles. The minimum Gasteiger partial charge on any atom is -0.352 e. The van der Waals surface area contributed by atoms with Crippen LogP contribution in [0.15, 0.2) is 66.7 Å². The number of halogens is 4. The zero-order chi connectivity index (χ0) is 26.2. The second-order valence-electron chi connectivity index (χ2n) is 8.62. The van der Waals surface area contributed by atoms with Gasteiger partial charge >= 0.3 is 0 Å². The Hall–Kier alpha value is -2.24. The maximum Gasteiger partial charge on any atom is 0.243 e. The Balaban J connectivity index is 2.06. The minimum absolute atomic E-state index is 0.0465. The highest BCUT2D eigenvalue weighted by Crippen LogP contribution is 2.29. The molecule has 3 rings (SSSR count). The van der Waals surface area contributed by atoms with Gasteiger partial charge in [0.2, 0.25) is 11.8 Å². The lowest BCUT2D eigenvalue weighted by Gasteiger charge is -2.33. The topological polar surface area (TPSA) is 49.4 Å². The van der Waals surface area contributed by atoms with Crippen molar-refractivity contribution in [3.63, 3.8) is 0 Å². The SMILES string of the molecule is CC[C@@H](C)NC(=O)[C@@H](Cc1ccccc1)N(Cc1c(Cl)cccc1Cl)C(=O)Cc1c(Cl)cccc1Cl. The zero-order valence-corrected chi connectivity index (χ0v) is 23.1. The molecule has 0 aliphatic carbocycles. The summed E-state index contributed by atoms with van der Waals surface area (Å²) in [6, 6.07) is 18.9. The third-order valence-corrected chi connectivity index (χ3v) is 7.47. The molecule has 8 heteroatoms. The first-order valence-corrected chi connectivity index (χ1v) is 13.2. The molecule has 0 aromatic heterocycles. The van der Waals surface area contributed by atoms with E-state index in [1.165, 1.54) is 4.90 Å². The van der Waals surface area contributed by atoms with Crippen molar-refractivity contribution < 1.29 is 9.59 Å². The lowest BCUT2D eigenvalue weighted by molar-refractivity contribution is -0.141. The molecule has 0 saturated heterocycles. The Kier molecular flexibility index (Phi) is 10.5. The molecular weight excluding hydrogens is 538 g/mol. The van der Waals surface area contributed by atoms with Crippen LogP contribution in [-0.2, 0) is 29.0 Å². The largest absolute Gasteiger partial charge is 0.352 e. The Morgan fingerprint density at radius 1 is 0.806 bits per heavy atom. The fourth-order valence-electron chi connectivity index (χ4n) is 3.80. The van der Waals surface area contributed by atoms with Crippen LogP contribution in [0.3, 0.4) is 0 Å². The molecule has 2 atom stereocenters. The molecule has 1 N–H and O–H groups in total. The summed E-state index contributed by atoms with van der Waals surface area (Å²) in [6.07, 6.45) is 0.985. The van der Waals surface area contributed by atoms with Gasteiger partial charge in [0.1, 0.15) is 6.04 Å². The van der Waals surface area contributed by atoms with Crippen molar-refractivity contribution in [2.24, 2.45) is 0 Å². The number of nitrogens with one attached hydrogen (secondary N) is 1. The number of amides is 2. The molecule has 0 bridgehead atoms. The van der Waals surface area contributed by atoms with E-state index >= 15 is 0 Å². The van der Waals surface area contributed by atoms with E-state index in [-0.39, 0.29) is 30.8 Å². The zero-order valence-electron chi connectivity index (χ0n) is 20.1. The summed E-state index contributed by atoms with van der Waals surface area (Å²) < 4.78 is 0. The fraction of sp³-hybridized carbons (Fsp3) is 0.286. The summed E-state index contributed by atoms with van der Waals surface area (Å²) in [6.45, 7) is 3.96. The molecule has 4 nitrogen and oxygen atoms in total. The van der Waals surface area contributed by atoms with E-state index in [9.17, 15) is 9.59 Å².